The van der Waals surface area contributed by atoms with Gasteiger partial charge in [0.2, 0.25) is 0 Å². The molecule has 3 heteroatoms. The van der Waals surface area contributed by atoms with Gasteiger partial charge in [0.15, 0.2) is 0 Å². The van der Waals surface area contributed by atoms with Crippen LogP contribution in [0.1, 0.15) is 19.8 Å². The smallest absolute Gasteiger partial charge is 0.0950 e. The van der Waals surface area contributed by atoms with Gasteiger partial charge in [-0.2, -0.15) is 0 Å². The molecule has 3 nitrogen and oxygen atoms in total. The largest absolute Gasteiger partial charge is 0.372 e. The lowest BCUT2D eigenvalue weighted by Crippen LogP contribution is -2.35. The fraction of sp³-hybridized carbons (Fsp3) is 1.00. The maximum Gasteiger partial charge on any atom is 0.0950 e. The van der Waals surface area contributed by atoms with Gasteiger partial charge in [0, 0.05) is 13.1 Å². The monoisotopic (exact) mass is 144 g/mol. The van der Waals surface area contributed by atoms with Gasteiger partial charge in [-0.3, -0.25) is 5.84 Å². The number of nitrogens with zero attached hydrogens (tertiary/aromatic N) is 1. The SMILES string of the molecule is CCCCN(N)CC1CO1. The number of hydrogen-bond donors (Lipinski definition) is 1. The van der Waals surface area contributed by atoms with Gasteiger partial charge in [-0.15, -0.1) is 0 Å². The van der Waals surface area contributed by atoms with E-state index in [-0.39, 0.29) is 0 Å². The summed E-state index contributed by atoms with van der Waals surface area (Å²) in [5, 5.41) is 1.85. The van der Waals surface area contributed by atoms with E-state index in [1.54, 1.807) is 0 Å². The Hall–Kier alpha value is -0.120. The Kier molecular flexibility index (Phi) is 3.12. The third-order valence-corrected chi connectivity index (χ3v) is 1.64. The molecule has 0 bridgehead atoms. The van der Waals surface area contributed by atoms with E-state index < -0.39 is 0 Å². The number of rotatable bonds is 5. The van der Waals surface area contributed by atoms with Gasteiger partial charge < -0.3 is 4.74 Å². The summed E-state index contributed by atoms with van der Waals surface area (Å²) in [6.45, 7) is 4.97. The first-order chi connectivity index (χ1) is 4.83. The molecule has 1 saturated heterocycles. The van der Waals surface area contributed by atoms with Crippen molar-refractivity contribution in [3.8, 4) is 0 Å². The molecule has 1 heterocycles. The Bertz CT molecular complexity index is 93.6. The molecule has 0 aromatic rings. The van der Waals surface area contributed by atoms with E-state index in [1.165, 1.54) is 12.8 Å². The van der Waals surface area contributed by atoms with Crippen LogP contribution < -0.4 is 5.84 Å². The van der Waals surface area contributed by atoms with Crippen molar-refractivity contribution in [3.05, 3.63) is 0 Å². The second-order valence-electron chi connectivity index (χ2n) is 2.80. The molecule has 1 unspecified atom stereocenters. The molecule has 1 aliphatic rings. The number of hydrazine groups is 1. The average Bonchev–Trinajstić information content (AvgIpc) is 2.67. The van der Waals surface area contributed by atoms with Crippen LogP contribution >= 0.6 is 0 Å². The maximum atomic E-state index is 5.65. The highest BCUT2D eigenvalue weighted by atomic mass is 16.6. The molecule has 1 atom stereocenters. The highest BCUT2D eigenvalue weighted by Crippen LogP contribution is 2.08. The lowest BCUT2D eigenvalue weighted by molar-refractivity contribution is 0.245. The molecule has 0 aliphatic carbocycles. The van der Waals surface area contributed by atoms with Gasteiger partial charge in [-0.1, -0.05) is 13.3 Å². The van der Waals surface area contributed by atoms with Crippen LogP contribution in [-0.4, -0.2) is 30.8 Å². The van der Waals surface area contributed by atoms with Crippen LogP contribution in [0, 0.1) is 0 Å². The van der Waals surface area contributed by atoms with Gasteiger partial charge >= 0.3 is 0 Å². The highest BCUT2D eigenvalue weighted by molar-refractivity contribution is 4.71. The number of ether oxygens (including phenoxy) is 1. The standard InChI is InChI=1S/C7H16N2O/c1-2-3-4-9(8)5-7-6-10-7/h7H,2-6,8H2,1H3. The van der Waals surface area contributed by atoms with Gasteiger partial charge in [0.1, 0.15) is 0 Å². The van der Waals surface area contributed by atoms with Crippen LogP contribution in [0.15, 0.2) is 0 Å². The summed E-state index contributed by atoms with van der Waals surface area (Å²) in [5.41, 5.74) is 0. The maximum absolute atomic E-state index is 5.65. The average molecular weight is 144 g/mol. The molecule has 0 saturated carbocycles. The molecular weight excluding hydrogens is 128 g/mol. The van der Waals surface area contributed by atoms with Crippen LogP contribution in [0.5, 0.6) is 0 Å². The van der Waals surface area contributed by atoms with Gasteiger partial charge in [0.25, 0.3) is 0 Å². The minimum Gasteiger partial charge on any atom is -0.372 e. The van der Waals surface area contributed by atoms with Crippen molar-refractivity contribution >= 4 is 0 Å². The van der Waals surface area contributed by atoms with Crippen LogP contribution in [0.4, 0.5) is 0 Å². The molecule has 1 rings (SSSR count). The molecule has 0 amide bonds. The first-order valence-electron chi connectivity index (χ1n) is 3.94. The van der Waals surface area contributed by atoms with Gasteiger partial charge in [0.05, 0.1) is 12.7 Å². The molecule has 0 spiro atoms. The molecule has 0 radical (unpaired) electrons. The fourth-order valence-electron chi connectivity index (χ4n) is 0.888. The summed E-state index contributed by atoms with van der Waals surface area (Å²) in [6, 6.07) is 0. The quantitative estimate of drug-likeness (QED) is 0.344. The zero-order valence-electron chi connectivity index (χ0n) is 6.55. The van der Waals surface area contributed by atoms with E-state index in [4.69, 9.17) is 10.6 Å². The van der Waals surface area contributed by atoms with Crippen LogP contribution in [-0.2, 0) is 4.74 Å². The molecule has 1 aliphatic heterocycles. The predicted molar refractivity (Wildman–Crippen MR) is 40.4 cm³/mol. The Morgan fingerprint density at radius 3 is 2.90 bits per heavy atom. The van der Waals surface area contributed by atoms with E-state index in [0.717, 1.165) is 19.7 Å². The minimum absolute atomic E-state index is 0.432. The van der Waals surface area contributed by atoms with Crippen molar-refractivity contribution in [2.45, 2.75) is 25.9 Å². The molecule has 1 fully saturated rings. The molecule has 0 aromatic heterocycles. The molecule has 0 aromatic carbocycles. The van der Waals surface area contributed by atoms with Crippen LogP contribution in [0.25, 0.3) is 0 Å². The normalized spacial score (nSPS) is 23.7. The Morgan fingerprint density at radius 2 is 2.40 bits per heavy atom. The first kappa shape index (κ1) is 7.98. The summed E-state index contributed by atoms with van der Waals surface area (Å²) >= 11 is 0. The van der Waals surface area contributed by atoms with E-state index >= 15 is 0 Å². The summed E-state index contributed by atoms with van der Waals surface area (Å²) in [7, 11) is 0. The van der Waals surface area contributed by atoms with Crippen LogP contribution in [0.2, 0.25) is 0 Å². The molecule has 2 N–H and O–H groups in total. The summed E-state index contributed by atoms with van der Waals surface area (Å²) < 4.78 is 5.04. The second kappa shape index (κ2) is 3.91. The Morgan fingerprint density at radius 1 is 1.70 bits per heavy atom. The van der Waals surface area contributed by atoms with Crippen LogP contribution in [0.3, 0.4) is 0 Å². The van der Waals surface area contributed by atoms with Crippen molar-refractivity contribution < 1.29 is 4.74 Å². The molecule has 60 valence electrons. The van der Waals surface area contributed by atoms with Crippen molar-refractivity contribution in [3.63, 3.8) is 0 Å². The summed E-state index contributed by atoms with van der Waals surface area (Å²) in [4.78, 5) is 0. The summed E-state index contributed by atoms with van der Waals surface area (Å²) in [5.74, 6) is 5.65. The minimum atomic E-state index is 0.432. The van der Waals surface area contributed by atoms with Crippen molar-refractivity contribution in [1.29, 1.82) is 0 Å². The fourth-order valence-corrected chi connectivity index (χ4v) is 0.888. The summed E-state index contributed by atoms with van der Waals surface area (Å²) in [6.07, 6.45) is 2.82. The van der Waals surface area contributed by atoms with Crippen molar-refractivity contribution in [1.82, 2.24) is 5.01 Å². The topological polar surface area (TPSA) is 41.8 Å². The third-order valence-electron chi connectivity index (χ3n) is 1.64. The highest BCUT2D eigenvalue weighted by Gasteiger charge is 2.23. The number of hydrogen-bond acceptors (Lipinski definition) is 3. The Labute approximate surface area is 62.1 Å². The predicted octanol–water partition coefficient (Wildman–Crippen LogP) is 0.361. The zero-order chi connectivity index (χ0) is 7.40. The lowest BCUT2D eigenvalue weighted by atomic mass is 10.3. The van der Waals surface area contributed by atoms with Crippen molar-refractivity contribution in [2.24, 2.45) is 5.84 Å². The second-order valence-corrected chi connectivity index (χ2v) is 2.80. The van der Waals surface area contributed by atoms with Crippen molar-refractivity contribution in [2.75, 3.05) is 19.7 Å². The number of nitrogens with two attached hydrogens (primary N) is 1. The zero-order valence-corrected chi connectivity index (χ0v) is 6.55. The number of epoxide rings is 1. The van der Waals surface area contributed by atoms with Gasteiger partial charge in [-0.25, -0.2) is 5.01 Å². The lowest BCUT2D eigenvalue weighted by Gasteiger charge is -2.13. The van der Waals surface area contributed by atoms with E-state index in [2.05, 4.69) is 6.92 Å². The third kappa shape index (κ3) is 3.15. The molecule has 10 heavy (non-hydrogen) atoms. The van der Waals surface area contributed by atoms with E-state index in [1.807, 2.05) is 5.01 Å². The Balaban J connectivity index is 1.91. The van der Waals surface area contributed by atoms with E-state index in [0.29, 0.717) is 6.10 Å². The first-order valence-corrected chi connectivity index (χ1v) is 3.94. The molecular formula is C7H16N2O. The number of unbranched alkanes of at least 4 members (excludes halogenated alkanes) is 1. The van der Waals surface area contributed by atoms with Gasteiger partial charge in [-0.05, 0) is 6.42 Å². The van der Waals surface area contributed by atoms with E-state index in [9.17, 15) is 0 Å².